The second kappa shape index (κ2) is 4.76. The molecule has 0 spiro atoms. The SMILES string of the molecule is Cl.O=C(O)C1Cc2cc(F)cc(F)c2CN1. The Morgan fingerprint density at radius 2 is 2.12 bits per heavy atom. The van der Waals surface area contributed by atoms with E-state index in [1.165, 1.54) is 6.07 Å². The molecule has 0 saturated heterocycles. The van der Waals surface area contributed by atoms with E-state index in [1.807, 2.05) is 0 Å². The number of nitrogens with one attached hydrogen (secondary N) is 1. The van der Waals surface area contributed by atoms with Crippen LogP contribution in [-0.4, -0.2) is 17.1 Å². The van der Waals surface area contributed by atoms with Gasteiger partial charge in [-0.3, -0.25) is 10.1 Å². The third-order valence-electron chi connectivity index (χ3n) is 2.50. The molecule has 0 aromatic heterocycles. The minimum absolute atomic E-state index is 0. The normalized spacial score (nSPS) is 18.5. The number of hydrogen-bond acceptors (Lipinski definition) is 2. The molecule has 0 amide bonds. The Hall–Kier alpha value is -1.20. The number of fused-ring (bicyclic) bond motifs is 1. The standard InChI is InChI=1S/C10H9F2NO2.ClH/c11-6-1-5-2-9(10(14)15)13-4-7(5)8(12)3-6;/h1,3,9,13H,2,4H2,(H,14,15);1H. The van der Waals surface area contributed by atoms with Crippen molar-refractivity contribution in [3.63, 3.8) is 0 Å². The van der Waals surface area contributed by atoms with E-state index in [4.69, 9.17) is 5.11 Å². The molecule has 0 bridgehead atoms. The smallest absolute Gasteiger partial charge is 0.321 e. The summed E-state index contributed by atoms with van der Waals surface area (Å²) in [4.78, 5) is 10.7. The molecule has 0 fully saturated rings. The molecule has 1 aromatic rings. The van der Waals surface area contributed by atoms with Gasteiger partial charge in [-0.2, -0.15) is 0 Å². The van der Waals surface area contributed by atoms with Crippen LogP contribution in [0.2, 0.25) is 0 Å². The summed E-state index contributed by atoms with van der Waals surface area (Å²) >= 11 is 0. The molecule has 0 radical (unpaired) electrons. The summed E-state index contributed by atoms with van der Waals surface area (Å²) in [5.74, 6) is -2.30. The van der Waals surface area contributed by atoms with Crippen molar-refractivity contribution in [1.82, 2.24) is 5.32 Å². The highest BCUT2D eigenvalue weighted by Crippen LogP contribution is 2.21. The molecule has 6 heteroatoms. The number of carboxylic acids is 1. The van der Waals surface area contributed by atoms with Gasteiger partial charge < -0.3 is 5.11 Å². The predicted octanol–water partition coefficient (Wildman–Crippen LogP) is 1.49. The number of aliphatic carboxylic acids is 1. The summed E-state index contributed by atoms with van der Waals surface area (Å²) in [6, 6.07) is 1.23. The van der Waals surface area contributed by atoms with Gasteiger partial charge in [-0.1, -0.05) is 0 Å². The highest BCUT2D eigenvalue weighted by Gasteiger charge is 2.25. The van der Waals surface area contributed by atoms with Crippen molar-refractivity contribution in [2.45, 2.75) is 19.0 Å². The van der Waals surface area contributed by atoms with Gasteiger partial charge in [0.25, 0.3) is 0 Å². The van der Waals surface area contributed by atoms with Crippen LogP contribution in [0.5, 0.6) is 0 Å². The van der Waals surface area contributed by atoms with Crippen molar-refractivity contribution in [2.75, 3.05) is 0 Å². The van der Waals surface area contributed by atoms with Gasteiger partial charge in [0.2, 0.25) is 0 Å². The van der Waals surface area contributed by atoms with E-state index in [1.54, 1.807) is 0 Å². The lowest BCUT2D eigenvalue weighted by atomic mass is 9.95. The van der Waals surface area contributed by atoms with Crippen LogP contribution in [0.3, 0.4) is 0 Å². The topological polar surface area (TPSA) is 49.3 Å². The fraction of sp³-hybridized carbons (Fsp3) is 0.300. The van der Waals surface area contributed by atoms with Crippen LogP contribution < -0.4 is 5.32 Å². The Morgan fingerprint density at radius 3 is 2.75 bits per heavy atom. The fourth-order valence-electron chi connectivity index (χ4n) is 1.73. The second-order valence-corrected chi connectivity index (χ2v) is 3.50. The second-order valence-electron chi connectivity index (χ2n) is 3.50. The maximum atomic E-state index is 13.2. The number of benzene rings is 1. The van der Waals surface area contributed by atoms with Crippen molar-refractivity contribution in [2.24, 2.45) is 0 Å². The fourth-order valence-corrected chi connectivity index (χ4v) is 1.73. The van der Waals surface area contributed by atoms with Crippen molar-refractivity contribution in [3.05, 3.63) is 34.9 Å². The van der Waals surface area contributed by atoms with E-state index in [9.17, 15) is 13.6 Å². The lowest BCUT2D eigenvalue weighted by Crippen LogP contribution is -2.42. The first-order valence-electron chi connectivity index (χ1n) is 4.51. The Bertz CT molecular complexity index is 426. The molecule has 1 aliphatic rings. The zero-order valence-corrected chi connectivity index (χ0v) is 8.98. The molecule has 1 atom stereocenters. The summed E-state index contributed by atoms with van der Waals surface area (Å²) in [7, 11) is 0. The molecule has 3 nitrogen and oxygen atoms in total. The summed E-state index contributed by atoms with van der Waals surface area (Å²) < 4.78 is 26.1. The molecule has 88 valence electrons. The lowest BCUT2D eigenvalue weighted by molar-refractivity contribution is -0.139. The van der Waals surface area contributed by atoms with Crippen molar-refractivity contribution in [1.29, 1.82) is 0 Å². The molecular weight excluding hydrogens is 240 g/mol. The zero-order chi connectivity index (χ0) is 11.0. The summed E-state index contributed by atoms with van der Waals surface area (Å²) in [6.45, 7) is 0.123. The van der Waals surface area contributed by atoms with Crippen LogP contribution >= 0.6 is 12.4 Å². The largest absolute Gasteiger partial charge is 0.480 e. The minimum Gasteiger partial charge on any atom is -0.480 e. The summed E-state index contributed by atoms with van der Waals surface area (Å²) in [5, 5.41) is 11.4. The van der Waals surface area contributed by atoms with Crippen LogP contribution in [0.15, 0.2) is 12.1 Å². The maximum Gasteiger partial charge on any atom is 0.321 e. The van der Waals surface area contributed by atoms with E-state index in [0.29, 0.717) is 11.1 Å². The van der Waals surface area contributed by atoms with Gasteiger partial charge in [0.15, 0.2) is 0 Å². The van der Waals surface area contributed by atoms with Gasteiger partial charge in [0.05, 0.1) is 0 Å². The van der Waals surface area contributed by atoms with Crippen LogP contribution in [0.25, 0.3) is 0 Å². The van der Waals surface area contributed by atoms with Crippen LogP contribution in [-0.2, 0) is 17.8 Å². The van der Waals surface area contributed by atoms with Crippen molar-refractivity contribution in [3.8, 4) is 0 Å². The summed E-state index contributed by atoms with van der Waals surface area (Å²) in [6.07, 6.45) is 0.110. The highest BCUT2D eigenvalue weighted by molar-refractivity contribution is 5.85. The quantitative estimate of drug-likeness (QED) is 0.793. The number of hydrogen-bond donors (Lipinski definition) is 2. The molecule has 0 saturated carbocycles. The number of carbonyl (C=O) groups is 1. The van der Waals surface area contributed by atoms with Gasteiger partial charge in [-0.25, -0.2) is 8.78 Å². The van der Waals surface area contributed by atoms with E-state index >= 15 is 0 Å². The monoisotopic (exact) mass is 249 g/mol. The molecule has 16 heavy (non-hydrogen) atoms. The summed E-state index contributed by atoms with van der Waals surface area (Å²) in [5.41, 5.74) is 0.785. The van der Waals surface area contributed by atoms with Gasteiger partial charge in [0.1, 0.15) is 17.7 Å². The van der Waals surface area contributed by atoms with Crippen molar-refractivity contribution < 1.29 is 18.7 Å². The van der Waals surface area contributed by atoms with Gasteiger partial charge in [-0.15, -0.1) is 12.4 Å². The van der Waals surface area contributed by atoms with E-state index in [-0.39, 0.29) is 25.4 Å². The van der Waals surface area contributed by atoms with E-state index in [2.05, 4.69) is 5.32 Å². The molecule has 1 heterocycles. The first-order valence-corrected chi connectivity index (χ1v) is 4.51. The predicted molar refractivity (Wildman–Crippen MR) is 55.6 cm³/mol. The molecule has 2 rings (SSSR count). The minimum atomic E-state index is -1.01. The lowest BCUT2D eigenvalue weighted by Gasteiger charge is -2.23. The average Bonchev–Trinajstić information content (AvgIpc) is 2.16. The number of rotatable bonds is 1. The number of halogens is 3. The van der Waals surface area contributed by atoms with Gasteiger partial charge >= 0.3 is 5.97 Å². The Balaban J connectivity index is 0.00000128. The van der Waals surface area contributed by atoms with Crippen LogP contribution in [0, 0.1) is 11.6 Å². The highest BCUT2D eigenvalue weighted by atomic mass is 35.5. The first-order chi connectivity index (χ1) is 7.08. The molecule has 1 aliphatic heterocycles. The molecule has 1 unspecified atom stereocenters. The first kappa shape index (κ1) is 12.9. The average molecular weight is 250 g/mol. The Labute approximate surface area is 96.9 Å². The molecule has 0 aliphatic carbocycles. The van der Waals surface area contributed by atoms with Crippen molar-refractivity contribution >= 4 is 18.4 Å². The van der Waals surface area contributed by atoms with E-state index in [0.717, 1.165) is 6.07 Å². The third kappa shape index (κ3) is 2.31. The van der Waals surface area contributed by atoms with Crippen LogP contribution in [0.1, 0.15) is 11.1 Å². The maximum absolute atomic E-state index is 13.2. The van der Waals surface area contributed by atoms with Crippen LogP contribution in [0.4, 0.5) is 8.78 Å². The van der Waals surface area contributed by atoms with Gasteiger partial charge in [-0.05, 0) is 18.1 Å². The molecule has 2 N–H and O–H groups in total. The van der Waals surface area contributed by atoms with Gasteiger partial charge in [0, 0.05) is 18.2 Å². The zero-order valence-electron chi connectivity index (χ0n) is 8.17. The molecular formula is C10H10ClF2NO2. The third-order valence-corrected chi connectivity index (χ3v) is 2.50. The number of carboxylic acid groups (broad SMARTS) is 1. The molecule has 1 aromatic carbocycles. The van der Waals surface area contributed by atoms with E-state index < -0.39 is 23.6 Å². The Morgan fingerprint density at radius 1 is 1.44 bits per heavy atom. The Kier molecular flexibility index (Phi) is 3.83.